The van der Waals surface area contributed by atoms with E-state index < -0.39 is 18.9 Å². The molecule has 2 aromatic carbocycles. The average molecular weight is 361 g/mol. The molecule has 0 aliphatic carbocycles. The minimum absolute atomic E-state index is 0.243. The summed E-state index contributed by atoms with van der Waals surface area (Å²) in [4.78, 5) is 16.3. The van der Waals surface area contributed by atoms with Crippen molar-refractivity contribution in [2.24, 2.45) is 5.11 Å². The minimum atomic E-state index is -2.80. The van der Waals surface area contributed by atoms with Crippen molar-refractivity contribution >= 4 is 28.9 Å². The van der Waals surface area contributed by atoms with Gasteiger partial charge in [-0.25, -0.2) is 0 Å². The van der Waals surface area contributed by atoms with E-state index in [9.17, 15) is 13.6 Å². The van der Waals surface area contributed by atoms with Crippen LogP contribution < -0.4 is 4.90 Å². The van der Waals surface area contributed by atoms with Gasteiger partial charge in [0.1, 0.15) is 6.54 Å². The van der Waals surface area contributed by atoms with E-state index in [-0.39, 0.29) is 5.56 Å². The third kappa shape index (κ3) is 4.95. The summed E-state index contributed by atoms with van der Waals surface area (Å²) in [5.74, 6) is 3.60. The molecule has 0 heterocycles. The molecule has 0 aliphatic heterocycles. The Balaban J connectivity index is 2.56. The first-order valence-electron chi connectivity index (χ1n) is 7.01. The summed E-state index contributed by atoms with van der Waals surface area (Å²) in [5.41, 5.74) is 9.42. The standard InChI is InChI=1S/C17H11ClF2N4O/c18-13-6-8-14(9-7-13)24(17(25)11-22-23-21)15-4-2-1-3-12(15)5-10-16(19)20/h1-4,6-9,16H,11H2. The quantitative estimate of drug-likeness (QED) is 0.330. The van der Waals surface area contributed by atoms with Gasteiger partial charge in [0, 0.05) is 21.2 Å². The van der Waals surface area contributed by atoms with Crippen molar-refractivity contribution in [1.82, 2.24) is 0 Å². The van der Waals surface area contributed by atoms with E-state index in [1.807, 2.05) is 0 Å². The van der Waals surface area contributed by atoms with E-state index >= 15 is 0 Å². The second-order valence-corrected chi connectivity index (χ2v) is 5.12. The van der Waals surface area contributed by atoms with E-state index in [0.717, 1.165) is 0 Å². The predicted octanol–water partition coefficient (Wildman–Crippen LogP) is 4.93. The van der Waals surface area contributed by atoms with E-state index in [0.29, 0.717) is 16.4 Å². The van der Waals surface area contributed by atoms with Gasteiger partial charge in [-0.2, -0.15) is 8.78 Å². The maximum absolute atomic E-state index is 12.5. The summed E-state index contributed by atoms with van der Waals surface area (Å²) in [6.45, 7) is -0.435. The Labute approximate surface area is 147 Å². The highest BCUT2D eigenvalue weighted by atomic mass is 35.5. The molecule has 25 heavy (non-hydrogen) atoms. The summed E-state index contributed by atoms with van der Waals surface area (Å²) >= 11 is 5.87. The average Bonchev–Trinajstić information content (AvgIpc) is 2.61. The molecule has 0 aromatic heterocycles. The first-order chi connectivity index (χ1) is 12.0. The maximum atomic E-state index is 12.5. The molecule has 126 valence electrons. The minimum Gasteiger partial charge on any atom is -0.280 e. The number of benzene rings is 2. The molecule has 0 saturated carbocycles. The smallest absolute Gasteiger partial charge is 0.280 e. The molecule has 0 spiro atoms. The van der Waals surface area contributed by atoms with Crippen LogP contribution in [0.15, 0.2) is 53.6 Å². The molecule has 0 fully saturated rings. The number of rotatable bonds is 4. The maximum Gasteiger partial charge on any atom is 0.299 e. The summed E-state index contributed by atoms with van der Waals surface area (Å²) < 4.78 is 24.8. The number of azide groups is 1. The van der Waals surface area contributed by atoms with Crippen LogP contribution in [0.25, 0.3) is 10.4 Å². The Morgan fingerprint density at radius 1 is 1.24 bits per heavy atom. The lowest BCUT2D eigenvalue weighted by Crippen LogP contribution is -2.28. The fourth-order valence-corrected chi connectivity index (χ4v) is 2.20. The summed E-state index contributed by atoms with van der Waals surface area (Å²) in [7, 11) is 0. The van der Waals surface area contributed by atoms with Gasteiger partial charge in [-0.3, -0.25) is 9.69 Å². The fourth-order valence-electron chi connectivity index (χ4n) is 2.08. The van der Waals surface area contributed by atoms with Crippen molar-refractivity contribution in [3.63, 3.8) is 0 Å². The first kappa shape index (κ1) is 18.3. The van der Waals surface area contributed by atoms with Crippen LogP contribution in [-0.4, -0.2) is 18.9 Å². The highest BCUT2D eigenvalue weighted by molar-refractivity contribution is 6.30. The zero-order chi connectivity index (χ0) is 18.2. The molecule has 0 atom stereocenters. The number of hydrogen-bond acceptors (Lipinski definition) is 2. The van der Waals surface area contributed by atoms with E-state index in [1.165, 1.54) is 11.0 Å². The third-order valence-electron chi connectivity index (χ3n) is 3.06. The molecule has 0 bridgehead atoms. The van der Waals surface area contributed by atoms with Crippen LogP contribution in [0.5, 0.6) is 0 Å². The molecule has 2 aromatic rings. The zero-order valence-corrected chi connectivity index (χ0v) is 13.5. The summed E-state index contributed by atoms with van der Waals surface area (Å²) in [5, 5.41) is 3.74. The molecule has 5 nitrogen and oxygen atoms in total. The molecule has 1 amide bonds. The molecular weight excluding hydrogens is 350 g/mol. The van der Waals surface area contributed by atoms with Crippen molar-refractivity contribution in [2.45, 2.75) is 6.43 Å². The van der Waals surface area contributed by atoms with Crippen molar-refractivity contribution in [3.05, 3.63) is 69.6 Å². The van der Waals surface area contributed by atoms with Gasteiger partial charge in [0.15, 0.2) is 0 Å². The second-order valence-electron chi connectivity index (χ2n) is 4.68. The molecule has 2 rings (SSSR count). The van der Waals surface area contributed by atoms with Crippen LogP contribution in [0.4, 0.5) is 20.2 Å². The molecule has 0 saturated heterocycles. The number of carbonyl (C=O) groups is 1. The van der Waals surface area contributed by atoms with E-state index in [1.54, 1.807) is 48.4 Å². The lowest BCUT2D eigenvalue weighted by molar-refractivity contribution is -0.116. The molecule has 0 unspecified atom stereocenters. The second kappa shape index (κ2) is 8.69. The highest BCUT2D eigenvalue weighted by Crippen LogP contribution is 2.29. The molecule has 8 heteroatoms. The van der Waals surface area contributed by atoms with Crippen LogP contribution in [0, 0.1) is 11.8 Å². The number of para-hydroxylation sites is 1. The summed E-state index contributed by atoms with van der Waals surface area (Å²) in [6.07, 6.45) is -2.80. The van der Waals surface area contributed by atoms with Gasteiger partial charge in [-0.1, -0.05) is 34.8 Å². The van der Waals surface area contributed by atoms with Gasteiger partial charge in [0.05, 0.1) is 5.69 Å². The third-order valence-corrected chi connectivity index (χ3v) is 3.32. The van der Waals surface area contributed by atoms with E-state index in [4.69, 9.17) is 17.1 Å². The summed E-state index contributed by atoms with van der Waals surface area (Å²) in [6, 6.07) is 12.7. The number of carbonyl (C=O) groups excluding carboxylic acids is 1. The van der Waals surface area contributed by atoms with Gasteiger partial charge < -0.3 is 0 Å². The van der Waals surface area contributed by atoms with Crippen LogP contribution in [0.2, 0.25) is 5.02 Å². The van der Waals surface area contributed by atoms with Gasteiger partial charge >= 0.3 is 0 Å². The predicted molar refractivity (Wildman–Crippen MR) is 91.9 cm³/mol. The lowest BCUT2D eigenvalue weighted by Gasteiger charge is -2.23. The van der Waals surface area contributed by atoms with Crippen LogP contribution in [0.1, 0.15) is 5.56 Å². The number of nitrogens with zero attached hydrogens (tertiary/aromatic N) is 4. The first-order valence-corrected chi connectivity index (χ1v) is 7.39. The zero-order valence-electron chi connectivity index (χ0n) is 12.7. The van der Waals surface area contributed by atoms with Crippen LogP contribution in [0.3, 0.4) is 0 Å². The Bertz CT molecular complexity index is 868. The Hall–Kier alpha value is -3.07. The highest BCUT2D eigenvalue weighted by Gasteiger charge is 2.19. The SMILES string of the molecule is [N-]=[N+]=NCC(=O)N(c1ccc(Cl)cc1)c1ccccc1C#CC(F)F. The molecule has 0 aliphatic rings. The Morgan fingerprint density at radius 3 is 2.56 bits per heavy atom. The van der Waals surface area contributed by atoms with Gasteiger partial charge in [0.25, 0.3) is 6.43 Å². The van der Waals surface area contributed by atoms with Crippen LogP contribution in [-0.2, 0) is 4.79 Å². The van der Waals surface area contributed by atoms with Gasteiger partial charge in [0.2, 0.25) is 5.91 Å². The number of hydrogen-bond donors (Lipinski definition) is 0. The van der Waals surface area contributed by atoms with Crippen LogP contribution >= 0.6 is 11.6 Å². The topological polar surface area (TPSA) is 69.1 Å². The number of halogens is 3. The number of alkyl halides is 2. The van der Waals surface area contributed by atoms with Crippen molar-refractivity contribution in [3.8, 4) is 11.8 Å². The Kier molecular flexibility index (Phi) is 6.35. The van der Waals surface area contributed by atoms with Crippen molar-refractivity contribution < 1.29 is 13.6 Å². The molecule has 0 radical (unpaired) electrons. The Morgan fingerprint density at radius 2 is 1.92 bits per heavy atom. The van der Waals surface area contributed by atoms with Crippen molar-refractivity contribution in [1.29, 1.82) is 0 Å². The van der Waals surface area contributed by atoms with E-state index in [2.05, 4.69) is 15.9 Å². The normalized spacial score (nSPS) is 9.76. The van der Waals surface area contributed by atoms with Crippen molar-refractivity contribution in [2.75, 3.05) is 11.4 Å². The number of anilines is 2. The molecule has 0 N–H and O–H groups in total. The lowest BCUT2D eigenvalue weighted by atomic mass is 10.1. The largest absolute Gasteiger partial charge is 0.299 e. The monoisotopic (exact) mass is 360 g/mol. The van der Waals surface area contributed by atoms with Gasteiger partial charge in [-0.05, 0) is 47.8 Å². The van der Waals surface area contributed by atoms with Gasteiger partial charge in [-0.15, -0.1) is 0 Å². The number of amides is 1. The molecular formula is C17H11ClF2N4O. The fraction of sp³-hybridized carbons (Fsp3) is 0.118.